The van der Waals surface area contributed by atoms with E-state index < -0.39 is 10.0 Å². The summed E-state index contributed by atoms with van der Waals surface area (Å²) in [6.45, 7) is 2.35. The topological polar surface area (TPSA) is 111 Å². The van der Waals surface area contributed by atoms with Crippen LogP contribution in [0.2, 0.25) is 0 Å². The highest BCUT2D eigenvalue weighted by Gasteiger charge is 2.15. The van der Waals surface area contributed by atoms with Crippen LogP contribution in [0.25, 0.3) is 5.69 Å². The summed E-state index contributed by atoms with van der Waals surface area (Å²) in [7, 11) is -3.83. The number of hydrazone groups is 1. The minimum absolute atomic E-state index is 0.147. The lowest BCUT2D eigenvalue weighted by molar-refractivity contribution is 0.344. The number of thioether (sulfide) groups is 1. The monoisotopic (exact) mass is 570 g/mol. The molecule has 1 N–H and O–H groups in total. The Balaban J connectivity index is 1.25. The van der Waals surface area contributed by atoms with Crippen molar-refractivity contribution in [2.45, 2.75) is 17.0 Å². The van der Waals surface area contributed by atoms with Gasteiger partial charge in [-0.1, -0.05) is 78.0 Å². The molecule has 0 saturated heterocycles. The van der Waals surface area contributed by atoms with E-state index in [2.05, 4.69) is 25.5 Å². The Hall–Kier alpha value is -4.48. The lowest BCUT2D eigenvalue weighted by atomic mass is 10.0. The third-order valence-corrected chi connectivity index (χ3v) is 7.92. The molecule has 1 aromatic heterocycles. The largest absolute Gasteiger partial charge is 0.493 e. The van der Waals surface area contributed by atoms with Gasteiger partial charge in [-0.2, -0.15) is 23.0 Å². The summed E-state index contributed by atoms with van der Waals surface area (Å²) in [5.41, 5.74) is 3.87. The number of benzene rings is 4. The molecule has 40 heavy (non-hydrogen) atoms. The maximum atomic E-state index is 12.8. The van der Waals surface area contributed by atoms with Crippen molar-refractivity contribution in [2.24, 2.45) is 5.10 Å². The van der Waals surface area contributed by atoms with E-state index in [0.29, 0.717) is 29.0 Å². The van der Waals surface area contributed by atoms with Crippen LogP contribution in [0.3, 0.4) is 0 Å². The average molecular weight is 571 g/mol. The summed E-state index contributed by atoms with van der Waals surface area (Å²) in [4.78, 5) is 2.53. The highest BCUT2D eigenvalue weighted by molar-refractivity contribution is 7.99. The van der Waals surface area contributed by atoms with Crippen LogP contribution >= 0.6 is 11.8 Å². The zero-order chi connectivity index (χ0) is 27.8. The summed E-state index contributed by atoms with van der Waals surface area (Å²) in [6, 6.07) is 33.1. The van der Waals surface area contributed by atoms with Crippen LogP contribution in [0.4, 0.5) is 0 Å². The molecule has 0 aliphatic rings. The maximum absolute atomic E-state index is 12.8. The van der Waals surface area contributed by atoms with E-state index in [1.165, 1.54) is 11.8 Å². The van der Waals surface area contributed by atoms with Gasteiger partial charge in [-0.15, -0.1) is 5.10 Å². The second kappa shape index (κ2) is 12.6. The smallest absolute Gasteiger partial charge is 0.276 e. The molecule has 0 unspecified atom stereocenters. The van der Waals surface area contributed by atoms with E-state index in [-0.39, 0.29) is 4.90 Å². The number of tetrazole rings is 1. The van der Waals surface area contributed by atoms with Crippen molar-refractivity contribution >= 4 is 27.5 Å². The van der Waals surface area contributed by atoms with Gasteiger partial charge in [0.1, 0.15) is 5.75 Å². The minimum Gasteiger partial charge on any atom is -0.493 e. The average Bonchev–Trinajstić information content (AvgIpc) is 3.46. The number of sulfonamides is 1. The summed E-state index contributed by atoms with van der Waals surface area (Å²) in [5.74, 6) is 1.33. The van der Waals surface area contributed by atoms with Crippen molar-refractivity contribution in [3.63, 3.8) is 0 Å². The summed E-state index contributed by atoms with van der Waals surface area (Å²) in [5, 5.41) is 16.9. The Morgan fingerprint density at radius 2 is 1.52 bits per heavy atom. The first-order chi connectivity index (χ1) is 19.5. The highest BCUT2D eigenvalue weighted by Crippen LogP contribution is 2.20. The van der Waals surface area contributed by atoms with Crippen molar-refractivity contribution in [2.75, 3.05) is 12.4 Å². The van der Waals surface area contributed by atoms with Crippen molar-refractivity contribution in [1.82, 2.24) is 25.0 Å². The summed E-state index contributed by atoms with van der Waals surface area (Å²) < 4.78 is 33.3. The molecule has 0 bridgehead atoms. The van der Waals surface area contributed by atoms with Gasteiger partial charge >= 0.3 is 0 Å². The molecule has 0 atom stereocenters. The van der Waals surface area contributed by atoms with E-state index in [9.17, 15) is 8.42 Å². The lowest BCUT2D eigenvalue weighted by Crippen LogP contribution is -2.21. The normalized spacial score (nSPS) is 11.8. The fourth-order valence-electron chi connectivity index (χ4n) is 3.77. The van der Waals surface area contributed by atoms with Crippen LogP contribution in [-0.2, 0) is 10.0 Å². The molecule has 9 nitrogen and oxygen atoms in total. The molecule has 202 valence electrons. The van der Waals surface area contributed by atoms with E-state index in [4.69, 9.17) is 4.74 Å². The summed E-state index contributed by atoms with van der Waals surface area (Å²) >= 11 is 1.50. The van der Waals surface area contributed by atoms with Crippen LogP contribution in [0.15, 0.2) is 124 Å². The quantitative estimate of drug-likeness (QED) is 0.104. The number of rotatable bonds is 11. The van der Waals surface area contributed by atoms with Crippen molar-refractivity contribution in [3.05, 3.63) is 126 Å². The predicted molar refractivity (Wildman–Crippen MR) is 155 cm³/mol. The molecule has 5 rings (SSSR count). The molecule has 1 heterocycles. The Morgan fingerprint density at radius 1 is 0.875 bits per heavy atom. The first-order valence-electron chi connectivity index (χ1n) is 12.4. The molecule has 0 spiro atoms. The van der Waals surface area contributed by atoms with Crippen LogP contribution in [-0.4, -0.2) is 46.7 Å². The van der Waals surface area contributed by atoms with Crippen LogP contribution in [0, 0.1) is 6.92 Å². The van der Waals surface area contributed by atoms with Gasteiger partial charge in [0, 0.05) is 16.9 Å². The number of nitrogens with one attached hydrogen (secondary N) is 1. The fourth-order valence-corrected chi connectivity index (χ4v) is 5.29. The molecule has 0 radical (unpaired) electrons. The van der Waals surface area contributed by atoms with Gasteiger partial charge in [0.2, 0.25) is 5.16 Å². The van der Waals surface area contributed by atoms with Gasteiger partial charge in [-0.05, 0) is 65.9 Å². The Labute approximate surface area is 237 Å². The van der Waals surface area contributed by atoms with Crippen molar-refractivity contribution < 1.29 is 13.2 Å². The maximum Gasteiger partial charge on any atom is 0.276 e. The number of hydrogen-bond donors (Lipinski definition) is 1. The zero-order valence-corrected chi connectivity index (χ0v) is 23.2. The standard InChI is InChI=1S/C29H26N6O3S2/c1-22-12-18-27(19-13-22)40(36,37)34-30-28(23-8-4-2-5-9-23)24-14-16-26(17-15-24)38-20-21-39-29-31-32-33-35(29)25-10-6-3-7-11-25/h2-19,34H,20-21H2,1H3/b30-28+. The van der Waals surface area contributed by atoms with Gasteiger partial charge in [0.15, 0.2) is 0 Å². The van der Waals surface area contributed by atoms with Crippen molar-refractivity contribution in [3.8, 4) is 11.4 Å². The number of aryl methyl sites for hydroxylation is 1. The minimum atomic E-state index is -3.83. The molecule has 0 aliphatic heterocycles. The first kappa shape index (κ1) is 27.1. The Morgan fingerprint density at radius 3 is 2.23 bits per heavy atom. The molecule has 0 saturated carbocycles. The van der Waals surface area contributed by atoms with Gasteiger partial charge in [0.25, 0.3) is 10.0 Å². The second-order valence-corrected chi connectivity index (χ2v) is 11.4. The van der Waals surface area contributed by atoms with E-state index in [1.54, 1.807) is 28.9 Å². The number of aromatic nitrogens is 4. The van der Waals surface area contributed by atoms with Gasteiger partial charge in [-0.25, -0.2) is 0 Å². The van der Waals surface area contributed by atoms with Crippen LogP contribution < -0.4 is 9.57 Å². The van der Waals surface area contributed by atoms with Gasteiger partial charge < -0.3 is 4.74 Å². The number of hydrogen-bond acceptors (Lipinski definition) is 8. The number of nitrogens with zero attached hydrogens (tertiary/aromatic N) is 5. The van der Waals surface area contributed by atoms with E-state index >= 15 is 0 Å². The third-order valence-electron chi connectivity index (χ3n) is 5.81. The Bertz CT molecular complexity index is 1670. The lowest BCUT2D eigenvalue weighted by Gasteiger charge is -2.11. The number of ether oxygens (including phenoxy) is 1. The molecule has 11 heteroatoms. The molecule has 0 fully saturated rings. The number of para-hydroxylation sites is 1. The van der Waals surface area contributed by atoms with E-state index in [0.717, 1.165) is 22.4 Å². The molecule has 0 aliphatic carbocycles. The summed E-state index contributed by atoms with van der Waals surface area (Å²) in [6.07, 6.45) is 0. The molecule has 4 aromatic carbocycles. The Kier molecular flexibility index (Phi) is 8.53. The molecule has 0 amide bonds. The highest BCUT2D eigenvalue weighted by atomic mass is 32.2. The fraction of sp³-hybridized carbons (Fsp3) is 0.103. The predicted octanol–water partition coefficient (Wildman–Crippen LogP) is 4.87. The van der Waals surface area contributed by atoms with E-state index in [1.807, 2.05) is 91.9 Å². The third kappa shape index (κ3) is 6.74. The molecule has 5 aromatic rings. The molecular formula is C29H26N6O3S2. The first-order valence-corrected chi connectivity index (χ1v) is 14.9. The SMILES string of the molecule is Cc1ccc(S(=O)(=O)N/N=C(\c2ccccc2)c2ccc(OCCSc3nnnn3-c3ccccc3)cc2)cc1. The van der Waals surface area contributed by atoms with Gasteiger partial charge in [-0.3, -0.25) is 0 Å². The van der Waals surface area contributed by atoms with Gasteiger partial charge in [0.05, 0.1) is 22.9 Å². The zero-order valence-electron chi connectivity index (χ0n) is 21.6. The van der Waals surface area contributed by atoms with Crippen LogP contribution in [0.1, 0.15) is 16.7 Å². The van der Waals surface area contributed by atoms with Crippen LogP contribution in [0.5, 0.6) is 5.75 Å². The second-order valence-electron chi connectivity index (χ2n) is 8.66. The van der Waals surface area contributed by atoms with Crippen molar-refractivity contribution in [1.29, 1.82) is 0 Å². The molecular weight excluding hydrogens is 544 g/mol.